The molecule has 1 saturated heterocycles. The standard InChI is InChI=1S/C19H23N3O3S/c23-18(19(24)21-13-16-7-4-12-26-16)20-8-9-22-10-11-25-17(14-22)15-5-2-1-3-6-15/h1-7,12,17H,8-11,13-14H2,(H,20,23)(H,21,24)/t17-/m0/s1. The van der Waals surface area contributed by atoms with Crippen LogP contribution in [0.15, 0.2) is 47.8 Å². The fourth-order valence-corrected chi connectivity index (χ4v) is 3.49. The van der Waals surface area contributed by atoms with E-state index in [1.165, 1.54) is 0 Å². The molecule has 1 aromatic heterocycles. The number of carbonyl (C=O) groups is 2. The Labute approximate surface area is 157 Å². The first-order valence-electron chi connectivity index (χ1n) is 8.69. The number of morpholine rings is 1. The highest BCUT2D eigenvalue weighted by Gasteiger charge is 2.22. The molecule has 1 aliphatic rings. The predicted molar refractivity (Wildman–Crippen MR) is 101 cm³/mol. The number of hydrogen-bond donors (Lipinski definition) is 2. The molecule has 2 amide bonds. The molecule has 2 heterocycles. The quantitative estimate of drug-likeness (QED) is 0.754. The molecule has 0 radical (unpaired) electrons. The van der Waals surface area contributed by atoms with E-state index in [9.17, 15) is 9.59 Å². The van der Waals surface area contributed by atoms with E-state index in [1.54, 1.807) is 11.3 Å². The Kier molecular flexibility index (Phi) is 6.76. The lowest BCUT2D eigenvalue weighted by atomic mass is 10.1. The van der Waals surface area contributed by atoms with E-state index in [1.807, 2.05) is 35.7 Å². The molecular weight excluding hydrogens is 350 g/mol. The van der Waals surface area contributed by atoms with Crippen LogP contribution in [0.4, 0.5) is 0 Å². The first kappa shape index (κ1) is 18.6. The summed E-state index contributed by atoms with van der Waals surface area (Å²) < 4.78 is 5.84. The van der Waals surface area contributed by atoms with Gasteiger partial charge in [-0.05, 0) is 17.0 Å². The topological polar surface area (TPSA) is 70.7 Å². The Morgan fingerprint density at radius 1 is 1.12 bits per heavy atom. The lowest BCUT2D eigenvalue weighted by molar-refractivity contribution is -0.139. The molecule has 2 N–H and O–H groups in total. The third-order valence-electron chi connectivity index (χ3n) is 4.25. The van der Waals surface area contributed by atoms with Crippen molar-refractivity contribution in [3.05, 3.63) is 58.3 Å². The third-order valence-corrected chi connectivity index (χ3v) is 5.12. The molecule has 1 aliphatic heterocycles. The van der Waals surface area contributed by atoms with E-state index in [0.717, 1.165) is 23.5 Å². The van der Waals surface area contributed by atoms with Crippen LogP contribution in [0.3, 0.4) is 0 Å². The van der Waals surface area contributed by atoms with Gasteiger partial charge >= 0.3 is 11.8 Å². The van der Waals surface area contributed by atoms with Crippen molar-refractivity contribution in [2.75, 3.05) is 32.8 Å². The Morgan fingerprint density at radius 2 is 1.92 bits per heavy atom. The van der Waals surface area contributed by atoms with Gasteiger partial charge in [-0.15, -0.1) is 11.3 Å². The maximum absolute atomic E-state index is 11.9. The number of amides is 2. The van der Waals surface area contributed by atoms with Gasteiger partial charge in [0.1, 0.15) is 0 Å². The summed E-state index contributed by atoms with van der Waals surface area (Å²) in [6, 6.07) is 14.0. The molecule has 0 bridgehead atoms. The van der Waals surface area contributed by atoms with E-state index in [4.69, 9.17) is 4.74 Å². The van der Waals surface area contributed by atoms with E-state index < -0.39 is 11.8 Å². The zero-order valence-electron chi connectivity index (χ0n) is 14.5. The Hall–Kier alpha value is -2.22. The summed E-state index contributed by atoms with van der Waals surface area (Å²) in [5.41, 5.74) is 1.16. The van der Waals surface area contributed by atoms with Crippen LogP contribution in [-0.2, 0) is 20.9 Å². The Bertz CT molecular complexity index is 706. The molecule has 7 heteroatoms. The van der Waals surface area contributed by atoms with Crippen molar-refractivity contribution in [3.63, 3.8) is 0 Å². The minimum atomic E-state index is -0.595. The Morgan fingerprint density at radius 3 is 2.69 bits per heavy atom. The van der Waals surface area contributed by atoms with Gasteiger partial charge in [0.2, 0.25) is 0 Å². The van der Waals surface area contributed by atoms with Crippen molar-refractivity contribution in [2.45, 2.75) is 12.6 Å². The van der Waals surface area contributed by atoms with Gasteiger partial charge < -0.3 is 15.4 Å². The highest BCUT2D eigenvalue weighted by Crippen LogP contribution is 2.21. The van der Waals surface area contributed by atoms with Crippen LogP contribution in [0.2, 0.25) is 0 Å². The van der Waals surface area contributed by atoms with Crippen molar-refractivity contribution in [1.82, 2.24) is 15.5 Å². The van der Waals surface area contributed by atoms with Crippen LogP contribution in [0.5, 0.6) is 0 Å². The van der Waals surface area contributed by atoms with Crippen molar-refractivity contribution >= 4 is 23.2 Å². The van der Waals surface area contributed by atoms with Gasteiger partial charge in [0.05, 0.1) is 19.3 Å². The number of nitrogens with one attached hydrogen (secondary N) is 2. The third kappa shape index (κ3) is 5.39. The van der Waals surface area contributed by atoms with E-state index >= 15 is 0 Å². The summed E-state index contributed by atoms with van der Waals surface area (Å²) in [5, 5.41) is 7.25. The normalized spacial score (nSPS) is 17.6. The molecule has 0 aliphatic carbocycles. The molecule has 1 aromatic carbocycles. The second kappa shape index (κ2) is 9.47. The molecule has 26 heavy (non-hydrogen) atoms. The van der Waals surface area contributed by atoms with Crippen LogP contribution in [0, 0.1) is 0 Å². The number of nitrogens with zero attached hydrogens (tertiary/aromatic N) is 1. The van der Waals surface area contributed by atoms with Crippen molar-refractivity contribution in [1.29, 1.82) is 0 Å². The summed E-state index contributed by atoms with van der Waals surface area (Å²) in [6.45, 7) is 3.78. The van der Waals surface area contributed by atoms with Gasteiger partial charge in [0.15, 0.2) is 0 Å². The summed E-state index contributed by atoms with van der Waals surface area (Å²) in [7, 11) is 0. The van der Waals surface area contributed by atoms with Gasteiger partial charge in [-0.2, -0.15) is 0 Å². The van der Waals surface area contributed by atoms with Gasteiger partial charge in [0.25, 0.3) is 0 Å². The average Bonchev–Trinajstić information content (AvgIpc) is 3.20. The van der Waals surface area contributed by atoms with Gasteiger partial charge in [-0.1, -0.05) is 36.4 Å². The zero-order chi connectivity index (χ0) is 18.2. The molecular formula is C19H23N3O3S. The molecule has 1 fully saturated rings. The molecule has 1 atom stereocenters. The number of benzene rings is 1. The smallest absolute Gasteiger partial charge is 0.309 e. The van der Waals surface area contributed by atoms with Crippen LogP contribution < -0.4 is 10.6 Å². The SMILES string of the molecule is O=C(NCCN1CCO[C@H](c2ccccc2)C1)C(=O)NCc1cccs1. The average molecular weight is 373 g/mol. The predicted octanol–water partition coefficient (Wildman–Crippen LogP) is 1.55. The minimum Gasteiger partial charge on any atom is -0.371 e. The maximum Gasteiger partial charge on any atom is 0.309 e. The number of carbonyl (C=O) groups excluding carboxylic acids is 2. The molecule has 0 spiro atoms. The van der Waals surface area contributed by atoms with Gasteiger partial charge in [-0.25, -0.2) is 0 Å². The van der Waals surface area contributed by atoms with Crippen molar-refractivity contribution < 1.29 is 14.3 Å². The number of thiophene rings is 1. The number of hydrogen-bond acceptors (Lipinski definition) is 5. The van der Waals surface area contributed by atoms with E-state index in [0.29, 0.717) is 26.2 Å². The molecule has 0 unspecified atom stereocenters. The van der Waals surface area contributed by atoms with Gasteiger partial charge in [-0.3, -0.25) is 14.5 Å². The largest absolute Gasteiger partial charge is 0.371 e. The summed E-state index contributed by atoms with van der Waals surface area (Å²) in [6.07, 6.45) is 0.0507. The number of ether oxygens (including phenoxy) is 1. The van der Waals surface area contributed by atoms with Crippen molar-refractivity contribution in [3.8, 4) is 0 Å². The van der Waals surface area contributed by atoms with Crippen LogP contribution in [0.1, 0.15) is 16.5 Å². The molecule has 0 saturated carbocycles. The summed E-state index contributed by atoms with van der Waals surface area (Å²) in [5.74, 6) is -1.18. The van der Waals surface area contributed by atoms with Crippen LogP contribution >= 0.6 is 11.3 Å². The zero-order valence-corrected chi connectivity index (χ0v) is 15.3. The first-order valence-corrected chi connectivity index (χ1v) is 9.57. The molecule has 2 aromatic rings. The molecule has 3 rings (SSSR count). The van der Waals surface area contributed by atoms with Crippen molar-refractivity contribution in [2.24, 2.45) is 0 Å². The van der Waals surface area contributed by atoms with E-state index in [-0.39, 0.29) is 6.10 Å². The lowest BCUT2D eigenvalue weighted by Crippen LogP contribution is -2.45. The number of rotatable bonds is 6. The first-order chi connectivity index (χ1) is 12.7. The monoisotopic (exact) mass is 373 g/mol. The summed E-state index contributed by atoms with van der Waals surface area (Å²) in [4.78, 5) is 26.9. The fourth-order valence-electron chi connectivity index (χ4n) is 2.84. The lowest BCUT2D eigenvalue weighted by Gasteiger charge is -2.33. The van der Waals surface area contributed by atoms with Gasteiger partial charge in [0, 0.05) is 31.1 Å². The highest BCUT2D eigenvalue weighted by molar-refractivity contribution is 7.09. The fraction of sp³-hybridized carbons (Fsp3) is 0.368. The second-order valence-electron chi connectivity index (χ2n) is 6.09. The highest BCUT2D eigenvalue weighted by atomic mass is 32.1. The Balaban J connectivity index is 1.37. The van der Waals surface area contributed by atoms with E-state index in [2.05, 4.69) is 27.7 Å². The summed E-state index contributed by atoms with van der Waals surface area (Å²) >= 11 is 1.55. The van der Waals surface area contributed by atoms with Crippen LogP contribution in [0.25, 0.3) is 0 Å². The molecule has 138 valence electrons. The molecule has 6 nitrogen and oxygen atoms in total. The minimum absolute atomic E-state index is 0.0507. The van der Waals surface area contributed by atoms with Crippen LogP contribution in [-0.4, -0.2) is 49.5 Å². The second-order valence-corrected chi connectivity index (χ2v) is 7.12. The maximum atomic E-state index is 11.9.